The first-order chi connectivity index (χ1) is 9.77. The Bertz CT molecular complexity index is 239. The summed E-state index contributed by atoms with van der Waals surface area (Å²) in [6, 6.07) is 0. The molecule has 0 aromatic carbocycles. The van der Waals surface area contributed by atoms with Gasteiger partial charge in [-0.1, -0.05) is 70.4 Å². The maximum absolute atomic E-state index is 10.3. The monoisotopic (exact) mass is 346 g/mol. The molecule has 21 heavy (non-hydrogen) atoms. The first kappa shape index (κ1) is 23.1. The predicted octanol–water partition coefficient (Wildman–Crippen LogP) is 6.11. The van der Waals surface area contributed by atoms with Crippen molar-refractivity contribution in [1.29, 1.82) is 0 Å². The van der Waals surface area contributed by atoms with Crippen molar-refractivity contribution in [3.63, 3.8) is 0 Å². The largest absolute Gasteiger partial charge is 0.481 e. The third kappa shape index (κ3) is 22.3. The van der Waals surface area contributed by atoms with E-state index >= 15 is 0 Å². The number of carboxylic acid groups (broad SMARTS) is 1. The molecule has 0 bridgehead atoms. The van der Waals surface area contributed by atoms with Gasteiger partial charge in [-0.15, -0.1) is 0 Å². The van der Waals surface area contributed by atoms with Gasteiger partial charge in [0.05, 0.1) is 0 Å². The number of carbonyl (C=O) groups is 1. The molecule has 0 saturated carbocycles. The zero-order valence-electron chi connectivity index (χ0n) is 14.1. The van der Waals surface area contributed by atoms with E-state index < -0.39 is 5.97 Å². The van der Waals surface area contributed by atoms with Gasteiger partial charge in [0.1, 0.15) is 0 Å². The molecule has 0 heterocycles. The molecular weight excluding hydrogens is 314 g/mol. The molecule has 3 heteroatoms. The molecule has 0 fully saturated rings. The summed E-state index contributed by atoms with van der Waals surface area (Å²) in [5.41, 5.74) is 0. The van der Waals surface area contributed by atoms with Crippen LogP contribution >= 0.6 is 0 Å². The van der Waals surface area contributed by atoms with Gasteiger partial charge in [-0.25, -0.2) is 0 Å². The van der Waals surface area contributed by atoms with Crippen LogP contribution in [0.2, 0.25) is 0 Å². The van der Waals surface area contributed by atoms with E-state index in [1.807, 2.05) is 0 Å². The minimum atomic E-state index is -0.661. The number of rotatable bonds is 15. The van der Waals surface area contributed by atoms with Crippen LogP contribution in [0.25, 0.3) is 0 Å². The fourth-order valence-electron chi connectivity index (χ4n) is 2.35. The third-order valence-corrected chi connectivity index (χ3v) is 3.65. The molecule has 0 rings (SSSR count). The summed E-state index contributed by atoms with van der Waals surface area (Å²) in [6.07, 6.45) is 21.2. The molecule has 0 saturated heterocycles. The van der Waals surface area contributed by atoms with Crippen LogP contribution in [0.3, 0.4) is 0 Å². The summed E-state index contributed by atoms with van der Waals surface area (Å²) in [5.74, 6) is -0.661. The maximum Gasteiger partial charge on any atom is 0.303 e. The average molecular weight is 348 g/mol. The van der Waals surface area contributed by atoms with E-state index in [-0.39, 0.29) is 19.5 Å². The molecule has 120 valence electrons. The Balaban J connectivity index is 0. The Morgan fingerprint density at radius 1 is 0.762 bits per heavy atom. The minimum Gasteiger partial charge on any atom is -0.481 e. The normalized spacial score (nSPS) is 10.7. The van der Waals surface area contributed by atoms with Crippen LogP contribution < -0.4 is 0 Å². The van der Waals surface area contributed by atoms with Crippen molar-refractivity contribution in [1.82, 2.24) is 0 Å². The standard InChI is InChI=1S/C18H34O2.Zn/c1-2-3-4-5-6-7-8-9-10-11-12-13-14-15-16-17-18(19)20;/h7-8H,2-6,9-17H2,1H3,(H,19,20);. The Hall–Kier alpha value is -0.167. The summed E-state index contributed by atoms with van der Waals surface area (Å²) < 4.78 is 0. The van der Waals surface area contributed by atoms with Gasteiger partial charge < -0.3 is 5.11 Å². The minimum absolute atomic E-state index is 0. The van der Waals surface area contributed by atoms with Crippen LogP contribution in [-0.2, 0) is 24.3 Å². The quantitative estimate of drug-likeness (QED) is 0.220. The van der Waals surface area contributed by atoms with Crippen molar-refractivity contribution >= 4 is 5.97 Å². The molecule has 1 N–H and O–H groups in total. The van der Waals surface area contributed by atoms with Gasteiger partial charge in [-0.05, 0) is 32.1 Å². The van der Waals surface area contributed by atoms with E-state index in [4.69, 9.17) is 5.11 Å². The molecule has 0 aromatic rings. The SMILES string of the molecule is CCCCCCC=CCCCCCCCCCC(=O)O.[Zn]. The second-order valence-corrected chi connectivity index (χ2v) is 5.73. The summed E-state index contributed by atoms with van der Waals surface area (Å²) >= 11 is 0. The molecule has 0 radical (unpaired) electrons. The van der Waals surface area contributed by atoms with E-state index in [1.54, 1.807) is 0 Å². The van der Waals surface area contributed by atoms with Crippen molar-refractivity contribution in [3.8, 4) is 0 Å². The van der Waals surface area contributed by atoms with Crippen molar-refractivity contribution in [2.24, 2.45) is 0 Å². The van der Waals surface area contributed by atoms with Crippen LogP contribution in [0, 0.1) is 0 Å². The second kappa shape index (κ2) is 19.8. The van der Waals surface area contributed by atoms with Gasteiger partial charge in [0.25, 0.3) is 0 Å². The first-order valence-electron chi connectivity index (χ1n) is 8.64. The number of hydrogen-bond donors (Lipinski definition) is 1. The van der Waals surface area contributed by atoms with Crippen LogP contribution in [0.4, 0.5) is 0 Å². The number of aliphatic carboxylic acids is 1. The van der Waals surface area contributed by atoms with Crippen molar-refractivity contribution in [3.05, 3.63) is 12.2 Å². The third-order valence-electron chi connectivity index (χ3n) is 3.65. The molecule has 0 aliphatic heterocycles. The second-order valence-electron chi connectivity index (χ2n) is 5.73. The molecule has 0 aliphatic carbocycles. The zero-order chi connectivity index (χ0) is 14.9. The number of hydrogen-bond acceptors (Lipinski definition) is 1. The Morgan fingerprint density at radius 3 is 1.67 bits per heavy atom. The summed E-state index contributed by atoms with van der Waals surface area (Å²) in [7, 11) is 0. The van der Waals surface area contributed by atoms with Crippen LogP contribution in [0.5, 0.6) is 0 Å². The number of allylic oxidation sites excluding steroid dienone is 2. The molecule has 0 atom stereocenters. The predicted molar refractivity (Wildman–Crippen MR) is 87.1 cm³/mol. The maximum atomic E-state index is 10.3. The summed E-state index contributed by atoms with van der Waals surface area (Å²) in [5, 5.41) is 8.51. The van der Waals surface area contributed by atoms with Gasteiger partial charge >= 0.3 is 5.97 Å². The van der Waals surface area contributed by atoms with E-state index in [9.17, 15) is 4.79 Å². The zero-order valence-corrected chi connectivity index (χ0v) is 17.1. The van der Waals surface area contributed by atoms with E-state index in [0.717, 1.165) is 12.8 Å². The topological polar surface area (TPSA) is 37.3 Å². The van der Waals surface area contributed by atoms with Gasteiger partial charge in [-0.2, -0.15) is 0 Å². The van der Waals surface area contributed by atoms with Gasteiger partial charge in [-0.3, -0.25) is 4.79 Å². The Morgan fingerprint density at radius 2 is 1.19 bits per heavy atom. The van der Waals surface area contributed by atoms with Crippen molar-refractivity contribution in [2.45, 2.75) is 96.8 Å². The van der Waals surface area contributed by atoms with Crippen LogP contribution in [-0.4, -0.2) is 11.1 Å². The van der Waals surface area contributed by atoms with E-state index in [0.29, 0.717) is 6.42 Å². The van der Waals surface area contributed by atoms with E-state index in [1.165, 1.54) is 70.6 Å². The fourth-order valence-corrected chi connectivity index (χ4v) is 2.35. The molecule has 0 aromatic heterocycles. The molecule has 0 unspecified atom stereocenters. The van der Waals surface area contributed by atoms with Crippen molar-refractivity contribution in [2.75, 3.05) is 0 Å². The average Bonchev–Trinajstić information content (AvgIpc) is 2.43. The summed E-state index contributed by atoms with van der Waals surface area (Å²) in [4.78, 5) is 10.3. The molecule has 0 spiro atoms. The van der Waals surface area contributed by atoms with Crippen molar-refractivity contribution < 1.29 is 29.4 Å². The summed E-state index contributed by atoms with van der Waals surface area (Å²) in [6.45, 7) is 2.25. The first-order valence-corrected chi connectivity index (χ1v) is 8.64. The molecule has 0 amide bonds. The van der Waals surface area contributed by atoms with Gasteiger partial charge in [0.15, 0.2) is 0 Å². The number of carboxylic acids is 1. The van der Waals surface area contributed by atoms with Gasteiger partial charge in [0.2, 0.25) is 0 Å². The van der Waals surface area contributed by atoms with Crippen LogP contribution in [0.1, 0.15) is 96.8 Å². The van der Waals surface area contributed by atoms with Crippen LogP contribution in [0.15, 0.2) is 12.2 Å². The fraction of sp³-hybridized carbons (Fsp3) is 0.833. The Kier molecular flexibility index (Phi) is 21.8. The van der Waals surface area contributed by atoms with E-state index in [2.05, 4.69) is 19.1 Å². The smallest absolute Gasteiger partial charge is 0.303 e. The Labute approximate surface area is 144 Å². The molecular formula is C18H34O2Zn. The van der Waals surface area contributed by atoms with Gasteiger partial charge in [0, 0.05) is 25.9 Å². The molecule has 2 nitrogen and oxygen atoms in total. The molecule has 0 aliphatic rings. The number of unbranched alkanes of at least 4 members (excludes halogenated alkanes) is 11.